The zero-order valence-electron chi connectivity index (χ0n) is 16.8. The lowest BCUT2D eigenvalue weighted by Crippen LogP contribution is -2.65. The Morgan fingerprint density at radius 3 is 2.83 bits per heavy atom. The van der Waals surface area contributed by atoms with Gasteiger partial charge in [0.15, 0.2) is 0 Å². The lowest BCUT2D eigenvalue weighted by Gasteiger charge is -2.53. The number of hydrogen-bond donors (Lipinski definition) is 0. The standard InChI is InChI=1S/C20H26N6O3/c1-14-21-22-23-26(14)9-7-19(27)25-13-16-12-24(8-6-18(16)25)20(28)11-15-4-3-5-17(10-15)29-2/h3-5,10,16,18H,6-9,11-13H2,1-2H3/t16-,18-/m0/s1. The minimum Gasteiger partial charge on any atom is -0.497 e. The van der Waals surface area contributed by atoms with E-state index in [1.165, 1.54) is 0 Å². The van der Waals surface area contributed by atoms with Crippen molar-refractivity contribution < 1.29 is 14.3 Å². The predicted molar refractivity (Wildman–Crippen MR) is 104 cm³/mol. The zero-order valence-corrected chi connectivity index (χ0v) is 16.8. The van der Waals surface area contributed by atoms with Crippen LogP contribution in [0.1, 0.15) is 24.2 Å². The van der Waals surface area contributed by atoms with Gasteiger partial charge in [-0.2, -0.15) is 0 Å². The molecule has 2 amide bonds. The number of carbonyl (C=O) groups excluding carboxylic acids is 2. The molecule has 3 heterocycles. The van der Waals surface area contributed by atoms with Gasteiger partial charge in [-0.1, -0.05) is 12.1 Å². The lowest BCUT2D eigenvalue weighted by molar-refractivity contribution is -0.151. The van der Waals surface area contributed by atoms with Gasteiger partial charge in [0.25, 0.3) is 0 Å². The summed E-state index contributed by atoms with van der Waals surface area (Å²) in [5.41, 5.74) is 0.958. The van der Waals surface area contributed by atoms with Gasteiger partial charge in [0.05, 0.1) is 20.1 Å². The molecule has 29 heavy (non-hydrogen) atoms. The first-order valence-electron chi connectivity index (χ1n) is 9.98. The summed E-state index contributed by atoms with van der Waals surface area (Å²) in [6.07, 6.45) is 1.61. The van der Waals surface area contributed by atoms with E-state index in [0.717, 1.165) is 30.8 Å². The molecule has 0 spiro atoms. The van der Waals surface area contributed by atoms with E-state index in [2.05, 4.69) is 15.5 Å². The highest BCUT2D eigenvalue weighted by molar-refractivity contribution is 5.80. The summed E-state index contributed by atoms with van der Waals surface area (Å²) in [4.78, 5) is 29.2. The van der Waals surface area contributed by atoms with Crippen LogP contribution in [-0.4, -0.2) is 74.6 Å². The van der Waals surface area contributed by atoms with Crippen LogP contribution in [-0.2, 0) is 22.6 Å². The summed E-state index contributed by atoms with van der Waals surface area (Å²) in [7, 11) is 1.62. The van der Waals surface area contributed by atoms with Gasteiger partial charge in [0.1, 0.15) is 11.6 Å². The molecular weight excluding hydrogens is 372 g/mol. The van der Waals surface area contributed by atoms with Gasteiger partial charge in [-0.05, 0) is 41.5 Å². The fourth-order valence-corrected chi connectivity index (χ4v) is 4.24. The predicted octanol–water partition coefficient (Wildman–Crippen LogP) is 0.682. The van der Waals surface area contributed by atoms with Crippen molar-refractivity contribution in [1.82, 2.24) is 30.0 Å². The average molecular weight is 398 g/mol. The van der Waals surface area contributed by atoms with E-state index in [4.69, 9.17) is 4.74 Å². The highest BCUT2D eigenvalue weighted by Crippen LogP contribution is 2.33. The summed E-state index contributed by atoms with van der Waals surface area (Å²) in [5, 5.41) is 11.3. The molecule has 1 aromatic heterocycles. The molecule has 9 nitrogen and oxygen atoms in total. The quantitative estimate of drug-likeness (QED) is 0.711. The van der Waals surface area contributed by atoms with Crippen LogP contribution in [0.25, 0.3) is 0 Å². The maximum absolute atomic E-state index is 12.7. The largest absolute Gasteiger partial charge is 0.497 e. The minimum absolute atomic E-state index is 0.135. The van der Waals surface area contributed by atoms with Gasteiger partial charge in [-0.15, -0.1) is 5.10 Å². The number of hydrogen-bond acceptors (Lipinski definition) is 6. The van der Waals surface area contributed by atoms with Crippen LogP contribution in [0.5, 0.6) is 5.75 Å². The van der Waals surface area contributed by atoms with E-state index in [-0.39, 0.29) is 17.9 Å². The van der Waals surface area contributed by atoms with Crippen LogP contribution in [0.15, 0.2) is 24.3 Å². The number of methoxy groups -OCH3 is 1. The third-order valence-corrected chi connectivity index (χ3v) is 5.94. The lowest BCUT2D eigenvalue weighted by atomic mass is 9.82. The fourth-order valence-electron chi connectivity index (χ4n) is 4.24. The highest BCUT2D eigenvalue weighted by atomic mass is 16.5. The first-order valence-corrected chi connectivity index (χ1v) is 9.98. The van der Waals surface area contributed by atoms with Crippen molar-refractivity contribution in [3.63, 3.8) is 0 Å². The summed E-state index contributed by atoms with van der Waals surface area (Å²) >= 11 is 0. The van der Waals surface area contributed by atoms with Crippen LogP contribution < -0.4 is 4.74 Å². The molecule has 0 N–H and O–H groups in total. The molecule has 1 aromatic carbocycles. The summed E-state index contributed by atoms with van der Waals surface area (Å²) in [6, 6.07) is 7.88. The van der Waals surface area contributed by atoms with Crippen LogP contribution in [0, 0.1) is 12.8 Å². The second-order valence-electron chi connectivity index (χ2n) is 7.73. The summed E-state index contributed by atoms with van der Waals surface area (Å²) < 4.78 is 6.88. The average Bonchev–Trinajstić information content (AvgIpc) is 3.12. The molecular formula is C20H26N6O3. The molecule has 0 unspecified atom stereocenters. The van der Waals surface area contributed by atoms with E-state index in [1.54, 1.807) is 11.8 Å². The third-order valence-electron chi connectivity index (χ3n) is 5.94. The first kappa shape index (κ1) is 19.4. The number of fused-ring (bicyclic) bond motifs is 1. The number of amides is 2. The van der Waals surface area contributed by atoms with Gasteiger partial charge in [-0.3, -0.25) is 9.59 Å². The molecule has 4 rings (SSSR count). The Morgan fingerprint density at radius 1 is 1.24 bits per heavy atom. The monoisotopic (exact) mass is 398 g/mol. The van der Waals surface area contributed by atoms with Crippen molar-refractivity contribution in [1.29, 1.82) is 0 Å². The molecule has 0 saturated carbocycles. The van der Waals surface area contributed by atoms with E-state index in [9.17, 15) is 9.59 Å². The Hall–Kier alpha value is -2.97. The maximum atomic E-state index is 12.7. The van der Waals surface area contributed by atoms with Crippen LogP contribution in [0.2, 0.25) is 0 Å². The number of rotatable bonds is 6. The van der Waals surface area contributed by atoms with Gasteiger partial charge >= 0.3 is 0 Å². The van der Waals surface area contributed by atoms with Gasteiger partial charge in [-0.25, -0.2) is 4.68 Å². The Bertz CT molecular complexity index is 898. The molecule has 0 bridgehead atoms. The molecule has 2 fully saturated rings. The number of carbonyl (C=O) groups is 2. The number of nitrogens with zero attached hydrogens (tertiary/aromatic N) is 6. The van der Waals surface area contributed by atoms with Crippen molar-refractivity contribution in [2.75, 3.05) is 26.7 Å². The van der Waals surface area contributed by atoms with Crippen molar-refractivity contribution in [2.24, 2.45) is 5.92 Å². The number of ether oxygens (including phenoxy) is 1. The Labute approximate surface area is 169 Å². The molecule has 0 aliphatic carbocycles. The normalized spacial score (nSPS) is 20.8. The van der Waals surface area contributed by atoms with Gasteiger partial charge in [0, 0.05) is 38.0 Å². The number of aromatic nitrogens is 4. The SMILES string of the molecule is COc1cccc(CC(=O)N2CC[C@H]3[C@@H](C2)CN3C(=O)CCn2nnnc2C)c1. The van der Waals surface area contributed by atoms with Crippen molar-refractivity contribution in [3.05, 3.63) is 35.7 Å². The second kappa shape index (κ2) is 8.18. The second-order valence-corrected chi connectivity index (χ2v) is 7.73. The minimum atomic E-state index is 0.135. The number of likely N-dealkylation sites (tertiary alicyclic amines) is 2. The van der Waals surface area contributed by atoms with Gasteiger partial charge < -0.3 is 14.5 Å². The molecule has 2 saturated heterocycles. The van der Waals surface area contributed by atoms with Gasteiger partial charge in [0.2, 0.25) is 11.8 Å². The molecule has 2 aliphatic heterocycles. The Morgan fingerprint density at radius 2 is 2.10 bits per heavy atom. The van der Waals surface area contributed by atoms with E-state index < -0.39 is 0 Å². The maximum Gasteiger partial charge on any atom is 0.227 e. The van der Waals surface area contributed by atoms with Crippen LogP contribution >= 0.6 is 0 Å². The molecule has 2 atom stereocenters. The topological polar surface area (TPSA) is 93.5 Å². The summed E-state index contributed by atoms with van der Waals surface area (Å²) in [6.45, 7) is 4.46. The number of aryl methyl sites for hydroxylation is 2. The first-order chi connectivity index (χ1) is 14.0. The Balaban J connectivity index is 1.26. The van der Waals surface area contributed by atoms with Crippen molar-refractivity contribution >= 4 is 11.8 Å². The summed E-state index contributed by atoms with van der Waals surface area (Å²) in [5.74, 6) is 2.12. The molecule has 2 aliphatic rings. The Kier molecular flexibility index (Phi) is 5.46. The molecule has 2 aromatic rings. The fraction of sp³-hybridized carbons (Fsp3) is 0.550. The molecule has 154 valence electrons. The van der Waals surface area contributed by atoms with E-state index in [1.807, 2.05) is 41.0 Å². The van der Waals surface area contributed by atoms with Crippen LogP contribution in [0.3, 0.4) is 0 Å². The number of benzene rings is 1. The zero-order chi connectivity index (χ0) is 20.4. The smallest absolute Gasteiger partial charge is 0.227 e. The number of piperidine rings is 1. The molecule has 9 heteroatoms. The third kappa shape index (κ3) is 4.08. The highest BCUT2D eigenvalue weighted by Gasteiger charge is 2.45. The van der Waals surface area contributed by atoms with Crippen molar-refractivity contribution in [2.45, 2.75) is 38.8 Å². The molecule has 0 radical (unpaired) electrons. The van der Waals surface area contributed by atoms with E-state index >= 15 is 0 Å². The van der Waals surface area contributed by atoms with Crippen LogP contribution in [0.4, 0.5) is 0 Å². The van der Waals surface area contributed by atoms with E-state index in [0.29, 0.717) is 37.7 Å². The van der Waals surface area contributed by atoms with Crippen molar-refractivity contribution in [3.8, 4) is 5.75 Å². The number of tetrazole rings is 1.